The van der Waals surface area contributed by atoms with Gasteiger partial charge in [-0.1, -0.05) is 35.9 Å². The second-order valence-electron chi connectivity index (χ2n) is 8.74. The molecule has 1 aromatic carbocycles. The van der Waals surface area contributed by atoms with Crippen LogP contribution >= 0.6 is 0 Å². The maximum atomic E-state index is 13.0. The van der Waals surface area contributed by atoms with Crippen LogP contribution < -0.4 is 4.90 Å². The number of benzene rings is 1. The number of hydrogen-bond donors (Lipinski definition) is 0. The van der Waals surface area contributed by atoms with Crippen molar-refractivity contribution >= 4 is 17.3 Å². The van der Waals surface area contributed by atoms with Gasteiger partial charge in [0.25, 0.3) is 0 Å². The summed E-state index contributed by atoms with van der Waals surface area (Å²) in [6, 6.07) is 9.50. The lowest BCUT2D eigenvalue weighted by atomic mass is 9.98. The Kier molecular flexibility index (Phi) is 5.25. The lowest BCUT2D eigenvalue weighted by Gasteiger charge is -2.42. The van der Waals surface area contributed by atoms with Crippen LogP contribution in [0.5, 0.6) is 0 Å². The van der Waals surface area contributed by atoms with Crippen molar-refractivity contribution in [2.24, 2.45) is 0 Å². The fraction of sp³-hybridized carbons (Fsp3) is 0.458. The quantitative estimate of drug-likeness (QED) is 0.786. The Morgan fingerprint density at radius 2 is 2.00 bits per heavy atom. The molecule has 2 fully saturated rings. The third-order valence-corrected chi connectivity index (χ3v) is 6.68. The second-order valence-corrected chi connectivity index (χ2v) is 8.74. The van der Waals surface area contributed by atoms with Crippen LogP contribution in [0, 0.1) is 6.92 Å². The third-order valence-electron chi connectivity index (χ3n) is 6.68. The minimum absolute atomic E-state index is 0.252. The number of rotatable bonds is 4. The van der Waals surface area contributed by atoms with Gasteiger partial charge in [0.2, 0.25) is 5.91 Å². The molecule has 2 bridgehead atoms. The summed E-state index contributed by atoms with van der Waals surface area (Å²) in [5.41, 5.74) is 3.93. The van der Waals surface area contributed by atoms with E-state index in [-0.39, 0.29) is 5.91 Å². The molecule has 5 rings (SSSR count). The molecule has 156 valence electrons. The minimum atomic E-state index is 0.252. The molecule has 2 unspecified atom stereocenters. The highest BCUT2D eigenvalue weighted by molar-refractivity contribution is 5.80. The molecule has 2 saturated heterocycles. The van der Waals surface area contributed by atoms with Crippen LogP contribution in [0.1, 0.15) is 30.4 Å². The van der Waals surface area contributed by atoms with E-state index in [0.29, 0.717) is 25.2 Å². The summed E-state index contributed by atoms with van der Waals surface area (Å²) in [6.07, 6.45) is 10.8. The van der Waals surface area contributed by atoms with E-state index in [1.165, 1.54) is 16.7 Å². The molecule has 0 N–H and O–H groups in total. The summed E-state index contributed by atoms with van der Waals surface area (Å²) in [6.45, 7) is 6.03. The molecule has 6 heteroatoms. The summed E-state index contributed by atoms with van der Waals surface area (Å²) in [5.74, 6) is 1.22. The van der Waals surface area contributed by atoms with Gasteiger partial charge in [0.1, 0.15) is 5.82 Å². The number of nitrogens with zero attached hydrogens (tertiary/aromatic N) is 5. The van der Waals surface area contributed by atoms with Gasteiger partial charge in [-0.3, -0.25) is 14.7 Å². The zero-order valence-corrected chi connectivity index (χ0v) is 17.6. The lowest BCUT2D eigenvalue weighted by Crippen LogP contribution is -2.56. The highest BCUT2D eigenvalue weighted by atomic mass is 16.2. The second kappa shape index (κ2) is 8.19. The lowest BCUT2D eigenvalue weighted by molar-refractivity contribution is -0.132. The Morgan fingerprint density at radius 3 is 2.67 bits per heavy atom. The largest absolute Gasteiger partial charge is 0.347 e. The number of aryl methyl sites for hydroxylation is 1. The van der Waals surface area contributed by atoms with Gasteiger partial charge in [-0.05, 0) is 37.3 Å². The Labute approximate surface area is 178 Å². The zero-order chi connectivity index (χ0) is 20.5. The maximum Gasteiger partial charge on any atom is 0.237 e. The summed E-state index contributed by atoms with van der Waals surface area (Å²) in [4.78, 5) is 28.5. The number of likely N-dealkylation sites (tertiary alicyclic amines) is 1. The van der Waals surface area contributed by atoms with Gasteiger partial charge in [-0.25, -0.2) is 4.98 Å². The average molecular weight is 404 g/mol. The normalized spacial score (nSPS) is 24.1. The molecule has 0 aliphatic carbocycles. The van der Waals surface area contributed by atoms with Crippen LogP contribution in [-0.4, -0.2) is 70.5 Å². The van der Waals surface area contributed by atoms with Crippen molar-refractivity contribution in [1.82, 2.24) is 19.8 Å². The SMILES string of the molecule is Cc1cccc(C2=CCN(C(=O)CN3CC4CCC(C3)N4c3cnccn3)CC2)c1. The zero-order valence-electron chi connectivity index (χ0n) is 17.6. The van der Waals surface area contributed by atoms with Crippen LogP contribution in [-0.2, 0) is 4.79 Å². The first kappa shape index (κ1) is 19.2. The third kappa shape index (κ3) is 3.84. The Balaban J connectivity index is 1.18. The van der Waals surface area contributed by atoms with E-state index < -0.39 is 0 Å². The topological polar surface area (TPSA) is 52.6 Å². The predicted octanol–water partition coefficient (Wildman–Crippen LogP) is 2.75. The van der Waals surface area contributed by atoms with Gasteiger partial charge in [-0.2, -0.15) is 0 Å². The summed E-state index contributed by atoms with van der Waals surface area (Å²) >= 11 is 0. The first-order valence-corrected chi connectivity index (χ1v) is 11.0. The first-order valence-electron chi connectivity index (χ1n) is 11.0. The van der Waals surface area contributed by atoms with E-state index in [1.807, 2.05) is 11.1 Å². The number of fused-ring (bicyclic) bond motifs is 2. The average Bonchev–Trinajstić information content (AvgIpc) is 3.05. The van der Waals surface area contributed by atoms with Crippen molar-refractivity contribution in [2.75, 3.05) is 37.6 Å². The molecule has 2 atom stereocenters. The number of anilines is 1. The van der Waals surface area contributed by atoms with Gasteiger partial charge in [0, 0.05) is 50.7 Å². The van der Waals surface area contributed by atoms with E-state index in [9.17, 15) is 4.79 Å². The van der Waals surface area contributed by atoms with E-state index in [1.54, 1.807) is 12.4 Å². The molecule has 6 nitrogen and oxygen atoms in total. The monoisotopic (exact) mass is 403 g/mol. The standard InChI is InChI=1S/C24H29N5O/c1-18-3-2-4-20(13-18)19-7-11-28(12-8-19)24(30)17-27-15-21-5-6-22(16-27)29(21)23-14-25-9-10-26-23/h2-4,7,9-10,13-14,21-22H,5-6,8,11-12,15-17H2,1H3. The van der Waals surface area contributed by atoms with Crippen molar-refractivity contribution in [2.45, 2.75) is 38.3 Å². The molecule has 2 aromatic rings. The first-order chi connectivity index (χ1) is 14.7. The van der Waals surface area contributed by atoms with Crippen LogP contribution in [0.2, 0.25) is 0 Å². The number of amides is 1. The van der Waals surface area contributed by atoms with Gasteiger partial charge < -0.3 is 9.80 Å². The van der Waals surface area contributed by atoms with Gasteiger partial charge in [-0.15, -0.1) is 0 Å². The van der Waals surface area contributed by atoms with Crippen molar-refractivity contribution in [3.05, 3.63) is 60.1 Å². The predicted molar refractivity (Wildman–Crippen MR) is 118 cm³/mol. The van der Waals surface area contributed by atoms with Crippen molar-refractivity contribution in [3.8, 4) is 0 Å². The molecule has 3 aliphatic rings. The number of carbonyl (C=O) groups excluding carboxylic acids is 1. The molecule has 0 radical (unpaired) electrons. The number of piperazine rings is 1. The van der Waals surface area contributed by atoms with Crippen molar-refractivity contribution < 1.29 is 4.79 Å². The number of hydrogen-bond acceptors (Lipinski definition) is 5. The fourth-order valence-corrected chi connectivity index (χ4v) is 5.21. The highest BCUT2D eigenvalue weighted by Gasteiger charge is 2.41. The summed E-state index contributed by atoms with van der Waals surface area (Å²) < 4.78 is 0. The van der Waals surface area contributed by atoms with Crippen LogP contribution in [0.25, 0.3) is 5.57 Å². The molecule has 0 spiro atoms. The van der Waals surface area contributed by atoms with Gasteiger partial charge in [0.05, 0.1) is 12.7 Å². The fourth-order valence-electron chi connectivity index (χ4n) is 5.21. The molecule has 1 aromatic heterocycles. The Hall–Kier alpha value is -2.73. The molecule has 0 saturated carbocycles. The maximum absolute atomic E-state index is 13.0. The van der Waals surface area contributed by atoms with Crippen LogP contribution in [0.4, 0.5) is 5.82 Å². The summed E-state index contributed by atoms with van der Waals surface area (Å²) in [5, 5.41) is 0. The number of aromatic nitrogens is 2. The van der Waals surface area contributed by atoms with E-state index in [2.05, 4.69) is 57.0 Å². The number of carbonyl (C=O) groups is 1. The van der Waals surface area contributed by atoms with E-state index in [4.69, 9.17) is 0 Å². The van der Waals surface area contributed by atoms with Crippen LogP contribution in [0.15, 0.2) is 48.9 Å². The highest BCUT2D eigenvalue weighted by Crippen LogP contribution is 2.33. The molecule has 4 heterocycles. The van der Waals surface area contributed by atoms with Crippen molar-refractivity contribution in [1.29, 1.82) is 0 Å². The molecular weight excluding hydrogens is 374 g/mol. The van der Waals surface area contributed by atoms with Gasteiger partial charge >= 0.3 is 0 Å². The Bertz CT molecular complexity index is 930. The molecule has 30 heavy (non-hydrogen) atoms. The summed E-state index contributed by atoms with van der Waals surface area (Å²) in [7, 11) is 0. The van der Waals surface area contributed by atoms with E-state index >= 15 is 0 Å². The van der Waals surface area contributed by atoms with Gasteiger partial charge in [0.15, 0.2) is 0 Å². The smallest absolute Gasteiger partial charge is 0.237 e. The van der Waals surface area contributed by atoms with E-state index in [0.717, 1.165) is 44.7 Å². The molecule has 1 amide bonds. The van der Waals surface area contributed by atoms with Crippen molar-refractivity contribution in [3.63, 3.8) is 0 Å². The van der Waals surface area contributed by atoms with Crippen LogP contribution in [0.3, 0.4) is 0 Å². The molecular formula is C24H29N5O. The molecule has 3 aliphatic heterocycles. The minimum Gasteiger partial charge on any atom is -0.347 e. The Morgan fingerprint density at radius 1 is 1.17 bits per heavy atom.